The first-order valence-electron chi connectivity index (χ1n) is 10.1. The molecule has 0 aromatic heterocycles. The average Bonchev–Trinajstić information content (AvgIpc) is 2.71. The minimum Gasteiger partial charge on any atom is -0.496 e. The standard InChI is InChI=1S/C26H24O3/c1-26(2)14-19(27)25-22(15-26)29-21-13-12-16-8-4-5-9-17(16)23(21)24(25)18-10-6-7-11-20(18)28-3/h4-13,24H,14-15H2,1-3H3/t24-/m0/s1. The van der Waals surface area contributed by atoms with Gasteiger partial charge in [0.05, 0.1) is 7.11 Å². The van der Waals surface area contributed by atoms with Gasteiger partial charge >= 0.3 is 0 Å². The van der Waals surface area contributed by atoms with Crippen molar-refractivity contribution in [1.29, 1.82) is 0 Å². The third-order valence-electron chi connectivity index (χ3n) is 6.07. The van der Waals surface area contributed by atoms with Crippen molar-refractivity contribution < 1.29 is 14.3 Å². The maximum Gasteiger partial charge on any atom is 0.163 e. The molecule has 1 aliphatic carbocycles. The predicted molar refractivity (Wildman–Crippen MR) is 114 cm³/mol. The fourth-order valence-electron chi connectivity index (χ4n) is 4.85. The highest BCUT2D eigenvalue weighted by molar-refractivity contribution is 6.02. The van der Waals surface area contributed by atoms with Crippen molar-refractivity contribution in [3.8, 4) is 11.5 Å². The number of allylic oxidation sites excluding steroid dienone is 2. The fourth-order valence-corrected chi connectivity index (χ4v) is 4.85. The second kappa shape index (κ2) is 6.48. The molecule has 3 heteroatoms. The van der Waals surface area contributed by atoms with Crippen LogP contribution in [-0.2, 0) is 4.79 Å². The monoisotopic (exact) mass is 384 g/mol. The van der Waals surface area contributed by atoms with Gasteiger partial charge in [-0.1, -0.05) is 62.4 Å². The van der Waals surface area contributed by atoms with Crippen LogP contribution in [0.1, 0.15) is 43.7 Å². The molecule has 0 N–H and O–H groups in total. The van der Waals surface area contributed by atoms with E-state index in [1.807, 2.05) is 36.4 Å². The highest BCUT2D eigenvalue weighted by atomic mass is 16.5. The number of Topliss-reactive ketones (excluding diaryl/α,β-unsaturated/α-hetero) is 1. The van der Waals surface area contributed by atoms with Crippen LogP contribution in [0.15, 0.2) is 72.0 Å². The molecule has 0 unspecified atom stereocenters. The quantitative estimate of drug-likeness (QED) is 0.542. The molecule has 29 heavy (non-hydrogen) atoms. The Morgan fingerprint density at radius 2 is 1.72 bits per heavy atom. The van der Waals surface area contributed by atoms with Gasteiger partial charge in [0.25, 0.3) is 0 Å². The molecule has 1 aliphatic heterocycles. The van der Waals surface area contributed by atoms with Gasteiger partial charge in [-0.15, -0.1) is 0 Å². The van der Waals surface area contributed by atoms with Crippen LogP contribution >= 0.6 is 0 Å². The summed E-state index contributed by atoms with van der Waals surface area (Å²) in [6, 6.07) is 20.4. The van der Waals surface area contributed by atoms with Gasteiger partial charge in [0.1, 0.15) is 17.3 Å². The lowest BCUT2D eigenvalue weighted by Crippen LogP contribution is -2.33. The van der Waals surface area contributed by atoms with Crippen LogP contribution in [0.5, 0.6) is 11.5 Å². The molecule has 0 bridgehead atoms. The Hall–Kier alpha value is -3.07. The van der Waals surface area contributed by atoms with E-state index in [2.05, 4.69) is 38.1 Å². The first-order valence-corrected chi connectivity index (χ1v) is 10.1. The summed E-state index contributed by atoms with van der Waals surface area (Å²) >= 11 is 0. The molecule has 0 spiro atoms. The Kier molecular flexibility index (Phi) is 4.02. The van der Waals surface area contributed by atoms with E-state index in [0.29, 0.717) is 6.42 Å². The Bertz CT molecular complexity index is 1170. The molecule has 0 saturated heterocycles. The van der Waals surface area contributed by atoms with Gasteiger partial charge in [-0.05, 0) is 28.3 Å². The van der Waals surface area contributed by atoms with Crippen LogP contribution < -0.4 is 9.47 Å². The molecule has 0 amide bonds. The van der Waals surface area contributed by atoms with Gasteiger partial charge in [0, 0.05) is 35.5 Å². The van der Waals surface area contributed by atoms with Crippen LogP contribution in [0, 0.1) is 5.41 Å². The highest BCUT2D eigenvalue weighted by Gasteiger charge is 2.43. The number of ketones is 1. The molecule has 146 valence electrons. The lowest BCUT2D eigenvalue weighted by molar-refractivity contribution is -0.118. The van der Waals surface area contributed by atoms with E-state index in [1.54, 1.807) is 7.11 Å². The molecule has 0 radical (unpaired) electrons. The lowest BCUT2D eigenvalue weighted by atomic mass is 9.69. The number of hydrogen-bond donors (Lipinski definition) is 0. The summed E-state index contributed by atoms with van der Waals surface area (Å²) in [5.74, 6) is 2.42. The maximum absolute atomic E-state index is 13.4. The summed E-state index contributed by atoms with van der Waals surface area (Å²) < 4.78 is 12.1. The highest BCUT2D eigenvalue weighted by Crippen LogP contribution is 2.53. The second-order valence-corrected chi connectivity index (χ2v) is 8.75. The predicted octanol–water partition coefficient (Wildman–Crippen LogP) is 6.02. The van der Waals surface area contributed by atoms with Crippen LogP contribution in [-0.4, -0.2) is 12.9 Å². The number of para-hydroxylation sites is 1. The van der Waals surface area contributed by atoms with E-state index in [0.717, 1.165) is 51.2 Å². The third-order valence-corrected chi connectivity index (χ3v) is 6.07. The first-order chi connectivity index (χ1) is 14.0. The third kappa shape index (κ3) is 2.84. The lowest BCUT2D eigenvalue weighted by Gasteiger charge is -2.39. The van der Waals surface area contributed by atoms with Gasteiger partial charge in [-0.2, -0.15) is 0 Å². The van der Waals surface area contributed by atoms with Gasteiger partial charge in [0.2, 0.25) is 0 Å². The minimum atomic E-state index is -0.195. The molecule has 0 saturated carbocycles. The Morgan fingerprint density at radius 1 is 0.966 bits per heavy atom. The number of methoxy groups -OCH3 is 1. The van der Waals surface area contributed by atoms with Crippen molar-refractivity contribution in [3.63, 3.8) is 0 Å². The zero-order valence-corrected chi connectivity index (χ0v) is 17.0. The molecule has 0 fully saturated rings. The fraction of sp³-hybridized carbons (Fsp3) is 0.269. The molecule has 2 aliphatic rings. The van der Waals surface area contributed by atoms with Gasteiger partial charge in [0.15, 0.2) is 5.78 Å². The summed E-state index contributed by atoms with van der Waals surface area (Å²) in [5, 5.41) is 2.26. The van der Waals surface area contributed by atoms with E-state index < -0.39 is 0 Å². The van der Waals surface area contributed by atoms with Crippen molar-refractivity contribution in [3.05, 3.63) is 83.1 Å². The molecule has 3 aromatic rings. The number of hydrogen-bond acceptors (Lipinski definition) is 3. The van der Waals surface area contributed by atoms with Gasteiger partial charge in [-0.3, -0.25) is 4.79 Å². The summed E-state index contributed by atoms with van der Waals surface area (Å²) in [7, 11) is 1.68. The van der Waals surface area contributed by atoms with Gasteiger partial charge in [-0.25, -0.2) is 0 Å². The van der Waals surface area contributed by atoms with E-state index >= 15 is 0 Å². The van der Waals surface area contributed by atoms with Crippen molar-refractivity contribution in [2.45, 2.75) is 32.6 Å². The number of ether oxygens (including phenoxy) is 2. The van der Waals surface area contributed by atoms with Crippen LogP contribution in [0.3, 0.4) is 0 Å². The molecule has 3 aromatic carbocycles. The maximum atomic E-state index is 13.4. The Labute approximate surface area is 171 Å². The molecule has 5 rings (SSSR count). The molecular weight excluding hydrogens is 360 g/mol. The van der Waals surface area contributed by atoms with Crippen LogP contribution in [0.2, 0.25) is 0 Å². The smallest absolute Gasteiger partial charge is 0.163 e. The van der Waals surface area contributed by atoms with Crippen molar-refractivity contribution in [1.82, 2.24) is 0 Å². The van der Waals surface area contributed by atoms with Crippen molar-refractivity contribution >= 4 is 16.6 Å². The first kappa shape index (κ1) is 18.0. The number of benzene rings is 3. The number of fused-ring (bicyclic) bond motifs is 3. The molecule has 1 atom stereocenters. The molecule has 3 nitrogen and oxygen atoms in total. The number of carbonyl (C=O) groups excluding carboxylic acids is 1. The van der Waals surface area contributed by atoms with E-state index in [1.165, 1.54) is 0 Å². The molecule has 1 heterocycles. The SMILES string of the molecule is COc1ccccc1[C@@H]1C2=C(CC(C)(C)CC2=O)Oc2ccc3ccccc3c21. The Balaban J connectivity index is 1.84. The zero-order chi connectivity index (χ0) is 20.2. The number of rotatable bonds is 2. The van der Waals surface area contributed by atoms with E-state index in [9.17, 15) is 4.79 Å². The summed E-state index contributed by atoms with van der Waals surface area (Å²) in [6.07, 6.45) is 1.28. The normalized spacial score (nSPS) is 20.1. The topological polar surface area (TPSA) is 35.5 Å². The minimum absolute atomic E-state index is 0.102. The van der Waals surface area contributed by atoms with Crippen LogP contribution in [0.25, 0.3) is 10.8 Å². The van der Waals surface area contributed by atoms with Crippen LogP contribution in [0.4, 0.5) is 0 Å². The number of carbonyl (C=O) groups is 1. The summed E-state index contributed by atoms with van der Waals surface area (Å²) in [4.78, 5) is 13.4. The summed E-state index contributed by atoms with van der Waals surface area (Å²) in [5.41, 5.74) is 2.75. The van der Waals surface area contributed by atoms with Crippen molar-refractivity contribution in [2.75, 3.05) is 7.11 Å². The van der Waals surface area contributed by atoms with E-state index in [-0.39, 0.29) is 17.1 Å². The second-order valence-electron chi connectivity index (χ2n) is 8.75. The van der Waals surface area contributed by atoms with Gasteiger partial charge < -0.3 is 9.47 Å². The zero-order valence-electron chi connectivity index (χ0n) is 17.0. The Morgan fingerprint density at radius 3 is 2.55 bits per heavy atom. The molecular formula is C26H24O3. The largest absolute Gasteiger partial charge is 0.496 e. The average molecular weight is 384 g/mol. The summed E-state index contributed by atoms with van der Waals surface area (Å²) in [6.45, 7) is 4.26. The van der Waals surface area contributed by atoms with E-state index in [4.69, 9.17) is 9.47 Å². The van der Waals surface area contributed by atoms with Crippen molar-refractivity contribution in [2.24, 2.45) is 5.41 Å².